The number of ether oxygens (including phenoxy) is 3. The summed E-state index contributed by atoms with van der Waals surface area (Å²) in [5.74, 6) is 2.70. The number of hydrogen-bond donors (Lipinski definition) is 0. The molecule has 238 valence electrons. The molecule has 2 heterocycles. The molecule has 2 aromatic heterocycles. The molecule has 7 heteroatoms. The molecule has 0 saturated carbocycles. The second-order valence-electron chi connectivity index (χ2n) is 11.3. The van der Waals surface area contributed by atoms with Crippen LogP contribution in [0.25, 0.3) is 23.1 Å². The highest BCUT2D eigenvalue weighted by Gasteiger charge is 2.19. The third kappa shape index (κ3) is 8.20. The predicted octanol–water partition coefficient (Wildman–Crippen LogP) is 8.40. The van der Waals surface area contributed by atoms with Gasteiger partial charge in [0.05, 0.1) is 37.7 Å². The predicted molar refractivity (Wildman–Crippen MR) is 185 cm³/mol. The first-order chi connectivity index (χ1) is 23.1. The summed E-state index contributed by atoms with van der Waals surface area (Å²) >= 11 is 0. The number of nitrogens with zero attached hydrogens (tertiary/aromatic N) is 1. The van der Waals surface area contributed by atoms with E-state index < -0.39 is 0 Å². The molecule has 6 aromatic rings. The van der Waals surface area contributed by atoms with Crippen LogP contribution in [0.15, 0.2) is 129 Å². The van der Waals surface area contributed by atoms with Crippen LogP contribution < -0.4 is 19.6 Å². The number of methoxy groups -OCH3 is 2. The summed E-state index contributed by atoms with van der Waals surface area (Å²) in [6, 6.07) is 33.4. The van der Waals surface area contributed by atoms with E-state index in [0.29, 0.717) is 42.2 Å². The van der Waals surface area contributed by atoms with Crippen LogP contribution in [0, 0.1) is 0 Å². The Kier molecular flexibility index (Phi) is 10.2. The van der Waals surface area contributed by atoms with Gasteiger partial charge in [-0.1, -0.05) is 54.6 Å². The van der Waals surface area contributed by atoms with Gasteiger partial charge in [-0.05, 0) is 77.7 Å². The number of rotatable bonds is 14. The first-order valence-electron chi connectivity index (χ1n) is 15.5. The summed E-state index contributed by atoms with van der Waals surface area (Å²) in [5.41, 5.74) is 5.46. The summed E-state index contributed by atoms with van der Waals surface area (Å²) in [6.45, 7) is 2.28. The van der Waals surface area contributed by atoms with Gasteiger partial charge in [-0.15, -0.1) is 0 Å². The maximum atomic E-state index is 13.4. The quantitative estimate of drug-likeness (QED) is 0.120. The smallest absolute Gasteiger partial charge is 0.193 e. The van der Waals surface area contributed by atoms with Crippen LogP contribution in [0.2, 0.25) is 0 Å². The topological polar surface area (TPSA) is 74.3 Å². The van der Waals surface area contributed by atoms with Gasteiger partial charge in [0.25, 0.3) is 0 Å². The van der Waals surface area contributed by atoms with E-state index in [1.54, 1.807) is 38.9 Å². The Labute approximate surface area is 274 Å². The van der Waals surface area contributed by atoms with Gasteiger partial charge in [-0.3, -0.25) is 9.69 Å². The molecule has 0 aliphatic heterocycles. The highest BCUT2D eigenvalue weighted by Crippen LogP contribution is 2.31. The summed E-state index contributed by atoms with van der Waals surface area (Å²) in [7, 11) is 3.32. The Morgan fingerprint density at radius 3 is 2.15 bits per heavy atom. The third-order valence-electron chi connectivity index (χ3n) is 8.02. The van der Waals surface area contributed by atoms with E-state index in [1.165, 1.54) is 11.6 Å². The van der Waals surface area contributed by atoms with Crippen LogP contribution in [0.4, 0.5) is 0 Å². The molecule has 4 aromatic carbocycles. The van der Waals surface area contributed by atoms with Crippen molar-refractivity contribution >= 4 is 23.1 Å². The lowest BCUT2D eigenvalue weighted by atomic mass is 10.1. The standard InChI is InChI=1S/C40H37NO6/c1-43-33-13-8-30(9-14-33)25-41(22-20-29-6-4-3-5-7-29)26-37-39(46-28-31-10-15-34(44-2)16-11-31)19-18-36-38(42)24-35(47-40(36)37)17-12-32-21-23-45-27-32/h3-19,21,23-24,27H,20,22,25-26,28H2,1-2H3/b17-12+. The van der Waals surface area contributed by atoms with Gasteiger partial charge >= 0.3 is 0 Å². The van der Waals surface area contributed by atoms with Crippen LogP contribution in [-0.4, -0.2) is 25.7 Å². The molecule has 0 spiro atoms. The van der Waals surface area contributed by atoms with E-state index in [9.17, 15) is 4.79 Å². The molecule has 0 saturated heterocycles. The summed E-state index contributed by atoms with van der Waals surface area (Å²) < 4.78 is 28.9. The maximum absolute atomic E-state index is 13.4. The minimum atomic E-state index is -0.118. The van der Waals surface area contributed by atoms with E-state index >= 15 is 0 Å². The van der Waals surface area contributed by atoms with Gasteiger partial charge in [-0.2, -0.15) is 0 Å². The van der Waals surface area contributed by atoms with Crippen molar-refractivity contribution < 1.29 is 23.0 Å². The van der Waals surface area contributed by atoms with Crippen LogP contribution in [0.5, 0.6) is 17.2 Å². The first-order valence-corrected chi connectivity index (χ1v) is 15.5. The highest BCUT2D eigenvalue weighted by molar-refractivity contribution is 5.83. The van der Waals surface area contributed by atoms with Crippen molar-refractivity contribution in [2.75, 3.05) is 20.8 Å². The summed E-state index contributed by atoms with van der Waals surface area (Å²) in [6.07, 6.45) is 7.73. The fourth-order valence-corrected chi connectivity index (χ4v) is 5.43. The van der Waals surface area contributed by atoms with Crippen molar-refractivity contribution in [2.45, 2.75) is 26.1 Å². The normalized spacial score (nSPS) is 11.4. The van der Waals surface area contributed by atoms with Gasteiger partial charge in [-0.25, -0.2) is 0 Å². The largest absolute Gasteiger partial charge is 0.497 e. The Balaban J connectivity index is 1.38. The molecule has 0 N–H and O–H groups in total. The van der Waals surface area contributed by atoms with E-state index in [2.05, 4.69) is 41.3 Å². The molecule has 7 nitrogen and oxygen atoms in total. The van der Waals surface area contributed by atoms with Crippen LogP contribution in [-0.2, 0) is 26.1 Å². The maximum Gasteiger partial charge on any atom is 0.193 e. The number of furan rings is 1. The number of benzene rings is 4. The molecule has 0 unspecified atom stereocenters. The van der Waals surface area contributed by atoms with Crippen molar-refractivity contribution in [3.63, 3.8) is 0 Å². The zero-order valence-corrected chi connectivity index (χ0v) is 26.6. The van der Waals surface area contributed by atoms with Gasteiger partial charge in [0.2, 0.25) is 0 Å². The second kappa shape index (κ2) is 15.2. The first kappa shape index (κ1) is 31.5. The average Bonchev–Trinajstić information content (AvgIpc) is 3.64. The summed E-state index contributed by atoms with van der Waals surface area (Å²) in [4.78, 5) is 15.8. The van der Waals surface area contributed by atoms with Crippen molar-refractivity contribution in [1.82, 2.24) is 4.90 Å². The van der Waals surface area contributed by atoms with Crippen molar-refractivity contribution in [2.24, 2.45) is 0 Å². The van der Waals surface area contributed by atoms with Gasteiger partial charge in [0.1, 0.15) is 35.2 Å². The minimum absolute atomic E-state index is 0.118. The minimum Gasteiger partial charge on any atom is -0.497 e. The monoisotopic (exact) mass is 627 g/mol. The Hall–Kier alpha value is -5.53. The molecular formula is C40H37NO6. The molecule has 0 bridgehead atoms. The zero-order chi connectivity index (χ0) is 32.4. The van der Waals surface area contributed by atoms with Crippen molar-refractivity contribution in [3.8, 4) is 17.2 Å². The Bertz CT molecular complexity index is 1960. The Morgan fingerprint density at radius 1 is 0.745 bits per heavy atom. The molecular weight excluding hydrogens is 590 g/mol. The molecule has 6 rings (SSSR count). The second-order valence-corrected chi connectivity index (χ2v) is 11.3. The number of hydrogen-bond acceptors (Lipinski definition) is 7. The zero-order valence-electron chi connectivity index (χ0n) is 26.6. The SMILES string of the molecule is COc1ccc(COc2ccc3c(=O)cc(/C=C/c4ccoc4)oc3c2CN(CCc2ccccc2)Cc2ccc(OC)cc2)cc1. The summed E-state index contributed by atoms with van der Waals surface area (Å²) in [5, 5.41) is 0.504. The lowest BCUT2D eigenvalue weighted by molar-refractivity contribution is 0.248. The van der Waals surface area contributed by atoms with Crippen LogP contribution in [0.1, 0.15) is 33.6 Å². The van der Waals surface area contributed by atoms with Crippen molar-refractivity contribution in [3.05, 3.63) is 159 Å². The molecule has 47 heavy (non-hydrogen) atoms. The lowest BCUT2D eigenvalue weighted by Crippen LogP contribution is -2.26. The van der Waals surface area contributed by atoms with E-state index in [4.69, 9.17) is 23.0 Å². The van der Waals surface area contributed by atoms with E-state index in [0.717, 1.165) is 46.7 Å². The van der Waals surface area contributed by atoms with Gasteiger partial charge < -0.3 is 23.0 Å². The molecule has 0 radical (unpaired) electrons. The molecule has 0 fully saturated rings. The van der Waals surface area contributed by atoms with Gasteiger partial charge in [0, 0.05) is 31.3 Å². The molecule has 0 atom stereocenters. The third-order valence-corrected chi connectivity index (χ3v) is 8.02. The number of fused-ring (bicyclic) bond motifs is 1. The fraction of sp³-hybridized carbons (Fsp3) is 0.175. The van der Waals surface area contributed by atoms with Crippen LogP contribution >= 0.6 is 0 Å². The molecule has 0 aliphatic carbocycles. The van der Waals surface area contributed by atoms with E-state index in [1.807, 2.05) is 60.7 Å². The van der Waals surface area contributed by atoms with E-state index in [-0.39, 0.29) is 5.43 Å². The highest BCUT2D eigenvalue weighted by atomic mass is 16.5. The van der Waals surface area contributed by atoms with Crippen molar-refractivity contribution in [1.29, 1.82) is 0 Å². The lowest BCUT2D eigenvalue weighted by Gasteiger charge is -2.25. The van der Waals surface area contributed by atoms with Crippen LogP contribution in [0.3, 0.4) is 0 Å². The molecule has 0 aliphatic rings. The Morgan fingerprint density at radius 2 is 1.47 bits per heavy atom. The van der Waals surface area contributed by atoms with Gasteiger partial charge in [0.15, 0.2) is 5.43 Å². The fourth-order valence-electron chi connectivity index (χ4n) is 5.43. The molecule has 0 amide bonds. The average molecular weight is 628 g/mol.